The fourth-order valence-corrected chi connectivity index (χ4v) is 0.632. The number of nitrogens with zero attached hydrogens (tertiary/aromatic N) is 1. The van der Waals surface area contributed by atoms with E-state index in [1.165, 1.54) is 19.4 Å². The maximum atomic E-state index is 2.23. The molecule has 0 saturated carbocycles. The molecule has 0 saturated heterocycles. The summed E-state index contributed by atoms with van der Waals surface area (Å²) in [5.41, 5.74) is 0. The van der Waals surface area contributed by atoms with E-state index in [-0.39, 0.29) is 24.0 Å². The van der Waals surface area contributed by atoms with Gasteiger partial charge in [0.1, 0.15) is 0 Å². The Balaban J connectivity index is 0. The first-order valence-electron chi connectivity index (χ1n) is 3.36. The first-order chi connectivity index (χ1) is 3.56. The Morgan fingerprint density at radius 3 is 1.67 bits per heavy atom. The summed E-state index contributed by atoms with van der Waals surface area (Å²) in [5.74, 6) is 0. The second-order valence-corrected chi connectivity index (χ2v) is 3.37. The molecule has 0 radical (unpaired) electrons. The molecule has 0 heterocycles. The van der Waals surface area contributed by atoms with E-state index in [0.29, 0.717) is 0 Å². The number of hydrogen-bond donors (Lipinski definition) is 0. The Labute approximate surface area is 76.0 Å². The molecule has 0 amide bonds. The van der Waals surface area contributed by atoms with E-state index in [9.17, 15) is 0 Å². The summed E-state index contributed by atoms with van der Waals surface area (Å²) in [6.45, 7) is 3.53. The molecule has 0 spiro atoms. The molecule has 0 aromatic heterocycles. The molecule has 0 aliphatic heterocycles. The average Bonchev–Trinajstić information content (AvgIpc) is 1.59. The average molecular weight is 243 g/mol. The predicted molar refractivity (Wildman–Crippen MR) is 37.8 cm³/mol. The Morgan fingerprint density at radius 2 is 1.56 bits per heavy atom. The van der Waals surface area contributed by atoms with Crippen LogP contribution in [0.5, 0.6) is 0 Å². The molecule has 2 heteroatoms. The molecule has 0 atom stereocenters. The minimum Gasteiger partial charge on any atom is -1.00 e. The third-order valence-electron chi connectivity index (χ3n) is 1.18. The molecule has 0 unspecified atom stereocenters. The number of hydrogen-bond acceptors (Lipinski definition) is 0. The summed E-state index contributed by atoms with van der Waals surface area (Å²) >= 11 is 0. The van der Waals surface area contributed by atoms with Crippen molar-refractivity contribution in [1.82, 2.24) is 0 Å². The van der Waals surface area contributed by atoms with Crippen LogP contribution in [0.3, 0.4) is 0 Å². The molecule has 0 fully saturated rings. The summed E-state index contributed by atoms with van der Waals surface area (Å²) < 4.78 is 1.10. The van der Waals surface area contributed by atoms with Gasteiger partial charge in [0.25, 0.3) is 0 Å². The van der Waals surface area contributed by atoms with Crippen LogP contribution in [0.15, 0.2) is 0 Å². The molecule has 0 N–H and O–H groups in total. The van der Waals surface area contributed by atoms with Gasteiger partial charge in [-0.25, -0.2) is 0 Å². The van der Waals surface area contributed by atoms with Gasteiger partial charge < -0.3 is 28.5 Å². The third-order valence-corrected chi connectivity index (χ3v) is 1.18. The van der Waals surface area contributed by atoms with E-state index >= 15 is 0 Å². The van der Waals surface area contributed by atoms with Crippen molar-refractivity contribution in [3.8, 4) is 0 Å². The minimum atomic E-state index is 0. The van der Waals surface area contributed by atoms with Crippen LogP contribution in [0.2, 0.25) is 0 Å². The predicted octanol–water partition coefficient (Wildman–Crippen LogP) is -1.50. The normalized spacial score (nSPS) is 10.7. The van der Waals surface area contributed by atoms with Crippen LogP contribution in [-0.2, 0) is 0 Å². The van der Waals surface area contributed by atoms with Crippen molar-refractivity contribution in [2.75, 3.05) is 27.7 Å². The third kappa shape index (κ3) is 12.0. The van der Waals surface area contributed by atoms with Crippen LogP contribution in [-0.4, -0.2) is 32.2 Å². The summed E-state index contributed by atoms with van der Waals surface area (Å²) in [4.78, 5) is 0. The molecule has 0 aliphatic rings. The maximum Gasteiger partial charge on any atom is 0.0780 e. The van der Waals surface area contributed by atoms with Gasteiger partial charge in [-0.15, -0.1) is 0 Å². The SMILES string of the molecule is CCCC[N+](C)(C)C.[I-]. The Bertz CT molecular complexity index is 56.4. The van der Waals surface area contributed by atoms with Crippen molar-refractivity contribution in [3.63, 3.8) is 0 Å². The molecule has 9 heavy (non-hydrogen) atoms. The van der Waals surface area contributed by atoms with E-state index in [0.717, 1.165) is 4.48 Å². The zero-order valence-corrected chi connectivity index (χ0v) is 9.10. The van der Waals surface area contributed by atoms with Crippen LogP contribution in [0.1, 0.15) is 19.8 Å². The van der Waals surface area contributed by atoms with Gasteiger partial charge in [-0.1, -0.05) is 13.3 Å². The van der Waals surface area contributed by atoms with E-state index in [1.54, 1.807) is 0 Å². The summed E-state index contributed by atoms with van der Waals surface area (Å²) in [5, 5.41) is 0. The number of quaternary nitrogens is 1. The first kappa shape index (κ1) is 12.4. The minimum absolute atomic E-state index is 0. The Hall–Kier alpha value is 0.690. The van der Waals surface area contributed by atoms with Crippen LogP contribution >= 0.6 is 0 Å². The van der Waals surface area contributed by atoms with Crippen molar-refractivity contribution in [2.24, 2.45) is 0 Å². The standard InChI is InChI=1S/C7H18N.HI/c1-5-6-7-8(2,3)4;/h5-7H2,1-4H3;1H/q+1;/p-1. The molecule has 58 valence electrons. The lowest BCUT2D eigenvalue weighted by atomic mass is 10.3. The van der Waals surface area contributed by atoms with Gasteiger partial charge in [-0.2, -0.15) is 0 Å². The van der Waals surface area contributed by atoms with Gasteiger partial charge in [0.15, 0.2) is 0 Å². The highest BCUT2D eigenvalue weighted by atomic mass is 127. The summed E-state index contributed by atoms with van der Waals surface area (Å²) in [7, 11) is 6.70. The highest BCUT2D eigenvalue weighted by Crippen LogP contribution is 1.94. The smallest absolute Gasteiger partial charge is 0.0780 e. The number of rotatable bonds is 3. The number of unbranched alkanes of at least 4 members (excludes halogenated alkanes) is 1. The Kier molecular flexibility index (Phi) is 7.52. The fraction of sp³-hybridized carbons (Fsp3) is 1.00. The topological polar surface area (TPSA) is 0 Å². The van der Waals surface area contributed by atoms with Crippen LogP contribution in [0.4, 0.5) is 0 Å². The van der Waals surface area contributed by atoms with Gasteiger partial charge in [0.05, 0.1) is 27.7 Å². The number of halogens is 1. The summed E-state index contributed by atoms with van der Waals surface area (Å²) in [6.07, 6.45) is 2.67. The zero-order chi connectivity index (χ0) is 6.62. The molecule has 0 rings (SSSR count). The van der Waals surface area contributed by atoms with Crippen LogP contribution < -0.4 is 24.0 Å². The van der Waals surface area contributed by atoms with Crippen molar-refractivity contribution in [3.05, 3.63) is 0 Å². The zero-order valence-electron chi connectivity index (χ0n) is 6.95. The monoisotopic (exact) mass is 243 g/mol. The van der Waals surface area contributed by atoms with Crippen LogP contribution in [0.25, 0.3) is 0 Å². The van der Waals surface area contributed by atoms with Gasteiger partial charge in [0.2, 0.25) is 0 Å². The fourth-order valence-electron chi connectivity index (χ4n) is 0.632. The maximum absolute atomic E-state index is 2.23. The molecule has 0 aromatic rings. The highest BCUT2D eigenvalue weighted by molar-refractivity contribution is 4.29. The lowest BCUT2D eigenvalue weighted by molar-refractivity contribution is -0.870. The molecule has 0 bridgehead atoms. The quantitative estimate of drug-likeness (QED) is 0.418. The van der Waals surface area contributed by atoms with Gasteiger partial charge in [0, 0.05) is 0 Å². The van der Waals surface area contributed by atoms with Crippen molar-refractivity contribution in [1.29, 1.82) is 0 Å². The second-order valence-electron chi connectivity index (χ2n) is 3.37. The van der Waals surface area contributed by atoms with Gasteiger partial charge in [-0.3, -0.25) is 0 Å². The first-order valence-corrected chi connectivity index (χ1v) is 3.36. The molecule has 0 aliphatic carbocycles. The molecular weight excluding hydrogens is 225 g/mol. The highest BCUT2D eigenvalue weighted by Gasteiger charge is 2.02. The molecule has 1 nitrogen and oxygen atoms in total. The van der Waals surface area contributed by atoms with E-state index in [1.807, 2.05) is 0 Å². The van der Waals surface area contributed by atoms with E-state index < -0.39 is 0 Å². The molecule has 0 aromatic carbocycles. The van der Waals surface area contributed by atoms with Gasteiger partial charge >= 0.3 is 0 Å². The largest absolute Gasteiger partial charge is 1.00 e. The van der Waals surface area contributed by atoms with Crippen LogP contribution in [0, 0.1) is 0 Å². The van der Waals surface area contributed by atoms with Crippen molar-refractivity contribution < 1.29 is 28.5 Å². The lowest BCUT2D eigenvalue weighted by Gasteiger charge is -2.23. The van der Waals surface area contributed by atoms with Crippen molar-refractivity contribution in [2.45, 2.75) is 19.8 Å². The lowest BCUT2D eigenvalue weighted by Crippen LogP contribution is -3.00. The van der Waals surface area contributed by atoms with Gasteiger partial charge in [-0.05, 0) is 6.42 Å². The Morgan fingerprint density at radius 1 is 1.11 bits per heavy atom. The van der Waals surface area contributed by atoms with E-state index in [2.05, 4.69) is 28.1 Å². The second kappa shape index (κ2) is 5.47. The van der Waals surface area contributed by atoms with Crippen molar-refractivity contribution >= 4 is 0 Å². The molecular formula is C7H18IN. The van der Waals surface area contributed by atoms with E-state index in [4.69, 9.17) is 0 Å². The summed E-state index contributed by atoms with van der Waals surface area (Å²) in [6, 6.07) is 0.